The van der Waals surface area contributed by atoms with E-state index in [0.717, 1.165) is 24.9 Å². The van der Waals surface area contributed by atoms with Crippen LogP contribution in [0.2, 0.25) is 0 Å². The van der Waals surface area contributed by atoms with Gasteiger partial charge in [0.05, 0.1) is 6.54 Å². The molecule has 0 atom stereocenters. The highest BCUT2D eigenvalue weighted by molar-refractivity contribution is 5.79. The van der Waals surface area contributed by atoms with Gasteiger partial charge in [-0.05, 0) is 24.1 Å². The molecule has 0 bridgehead atoms. The molecule has 0 spiro atoms. The molecule has 0 saturated carbocycles. The Labute approximate surface area is 101 Å². The number of aliphatic imine (C=N–C) groups is 1. The van der Waals surface area contributed by atoms with Crippen LogP contribution in [-0.2, 0) is 6.54 Å². The molecule has 0 heterocycles. The fourth-order valence-electron chi connectivity index (χ4n) is 1.34. The Morgan fingerprint density at radius 2 is 2.29 bits per heavy atom. The van der Waals surface area contributed by atoms with E-state index in [1.807, 2.05) is 6.07 Å². The van der Waals surface area contributed by atoms with Gasteiger partial charge >= 0.3 is 0 Å². The van der Waals surface area contributed by atoms with E-state index >= 15 is 0 Å². The van der Waals surface area contributed by atoms with E-state index in [4.69, 9.17) is 5.84 Å². The van der Waals surface area contributed by atoms with Gasteiger partial charge in [0, 0.05) is 6.54 Å². The summed E-state index contributed by atoms with van der Waals surface area (Å²) in [5.41, 5.74) is 3.31. The Morgan fingerprint density at radius 1 is 1.47 bits per heavy atom. The van der Waals surface area contributed by atoms with Crippen molar-refractivity contribution < 1.29 is 4.39 Å². The summed E-state index contributed by atoms with van der Waals surface area (Å²) in [6, 6.07) is 6.37. The molecule has 0 fully saturated rings. The van der Waals surface area contributed by atoms with E-state index in [1.165, 1.54) is 12.1 Å². The molecule has 1 aromatic carbocycles. The molecule has 0 radical (unpaired) electrons. The van der Waals surface area contributed by atoms with Crippen LogP contribution in [0.3, 0.4) is 0 Å². The van der Waals surface area contributed by atoms with Crippen LogP contribution in [-0.4, -0.2) is 12.5 Å². The second kappa shape index (κ2) is 7.62. The molecular formula is C12H19FN4. The predicted octanol–water partition coefficient (Wildman–Crippen LogP) is 1.53. The predicted molar refractivity (Wildman–Crippen MR) is 67.8 cm³/mol. The molecule has 0 aliphatic rings. The molecule has 0 aliphatic carbocycles. The molecule has 1 rings (SSSR count). The highest BCUT2D eigenvalue weighted by atomic mass is 19.1. The summed E-state index contributed by atoms with van der Waals surface area (Å²) in [6.45, 7) is 3.33. The molecule has 0 aliphatic heterocycles. The van der Waals surface area contributed by atoms with Crippen molar-refractivity contribution in [1.82, 2.24) is 10.7 Å². The smallest absolute Gasteiger partial charge is 0.206 e. The first-order chi connectivity index (χ1) is 8.26. The third kappa shape index (κ3) is 5.31. The second-order valence-corrected chi connectivity index (χ2v) is 3.72. The number of hydrogen-bond donors (Lipinski definition) is 3. The number of nitrogens with two attached hydrogens (primary N) is 1. The number of halogens is 1. The van der Waals surface area contributed by atoms with Crippen molar-refractivity contribution in [2.24, 2.45) is 10.8 Å². The van der Waals surface area contributed by atoms with Crippen molar-refractivity contribution >= 4 is 5.96 Å². The summed E-state index contributed by atoms with van der Waals surface area (Å²) in [5, 5.41) is 3.08. The van der Waals surface area contributed by atoms with Crippen LogP contribution in [0.5, 0.6) is 0 Å². The van der Waals surface area contributed by atoms with Crippen LogP contribution in [0.1, 0.15) is 25.3 Å². The fraction of sp³-hybridized carbons (Fsp3) is 0.417. The summed E-state index contributed by atoms with van der Waals surface area (Å²) < 4.78 is 12.9. The molecule has 5 heteroatoms. The van der Waals surface area contributed by atoms with Gasteiger partial charge in [0.2, 0.25) is 5.96 Å². The van der Waals surface area contributed by atoms with Crippen LogP contribution >= 0.6 is 0 Å². The summed E-state index contributed by atoms with van der Waals surface area (Å²) in [5.74, 6) is 5.61. The maximum Gasteiger partial charge on any atom is 0.206 e. The van der Waals surface area contributed by atoms with Crippen LogP contribution in [0.4, 0.5) is 4.39 Å². The zero-order valence-corrected chi connectivity index (χ0v) is 10.0. The van der Waals surface area contributed by atoms with Gasteiger partial charge in [-0.2, -0.15) is 0 Å². The van der Waals surface area contributed by atoms with Gasteiger partial charge in [0.25, 0.3) is 0 Å². The van der Waals surface area contributed by atoms with Crippen molar-refractivity contribution in [3.63, 3.8) is 0 Å². The van der Waals surface area contributed by atoms with Gasteiger partial charge in [-0.3, -0.25) is 5.43 Å². The Hall–Kier alpha value is -1.62. The van der Waals surface area contributed by atoms with Crippen molar-refractivity contribution in [3.8, 4) is 0 Å². The monoisotopic (exact) mass is 238 g/mol. The number of guanidine groups is 1. The van der Waals surface area contributed by atoms with Crippen LogP contribution in [0.25, 0.3) is 0 Å². The van der Waals surface area contributed by atoms with Crippen LogP contribution in [0, 0.1) is 5.82 Å². The summed E-state index contributed by atoms with van der Waals surface area (Å²) in [4.78, 5) is 4.23. The molecule has 94 valence electrons. The quantitative estimate of drug-likeness (QED) is 0.240. The van der Waals surface area contributed by atoms with E-state index < -0.39 is 0 Å². The van der Waals surface area contributed by atoms with Crippen LogP contribution in [0.15, 0.2) is 29.3 Å². The maximum atomic E-state index is 12.9. The van der Waals surface area contributed by atoms with Crippen molar-refractivity contribution in [1.29, 1.82) is 0 Å². The Morgan fingerprint density at radius 3 is 2.94 bits per heavy atom. The SMILES string of the molecule is CCCCNC(=NCc1cccc(F)c1)NN. The first kappa shape index (κ1) is 13.4. The van der Waals surface area contributed by atoms with Crippen molar-refractivity contribution in [3.05, 3.63) is 35.6 Å². The number of hydrazine groups is 1. The molecule has 0 aromatic heterocycles. The third-order valence-electron chi connectivity index (χ3n) is 2.27. The lowest BCUT2D eigenvalue weighted by Gasteiger charge is -2.08. The minimum atomic E-state index is -0.251. The van der Waals surface area contributed by atoms with Gasteiger partial charge in [-0.1, -0.05) is 25.5 Å². The van der Waals surface area contributed by atoms with Crippen molar-refractivity contribution in [2.75, 3.05) is 6.54 Å². The van der Waals surface area contributed by atoms with Gasteiger partial charge in [0.15, 0.2) is 0 Å². The Kier molecular flexibility index (Phi) is 6.03. The standard InChI is InChI=1S/C12H19FN4/c1-2-3-7-15-12(17-14)16-9-10-5-4-6-11(13)8-10/h4-6,8H,2-3,7,9,14H2,1H3,(H2,15,16,17). The van der Waals surface area contributed by atoms with Crippen molar-refractivity contribution in [2.45, 2.75) is 26.3 Å². The lowest BCUT2D eigenvalue weighted by molar-refractivity contribution is 0.625. The molecule has 0 unspecified atom stereocenters. The molecule has 17 heavy (non-hydrogen) atoms. The minimum Gasteiger partial charge on any atom is -0.355 e. The van der Waals surface area contributed by atoms with Gasteiger partial charge in [-0.15, -0.1) is 0 Å². The average Bonchev–Trinajstić information content (AvgIpc) is 2.34. The fourth-order valence-corrected chi connectivity index (χ4v) is 1.34. The van der Waals surface area contributed by atoms with E-state index in [9.17, 15) is 4.39 Å². The molecular weight excluding hydrogens is 219 g/mol. The van der Waals surface area contributed by atoms with E-state index in [0.29, 0.717) is 12.5 Å². The highest BCUT2D eigenvalue weighted by Gasteiger charge is 1.97. The molecule has 4 N–H and O–H groups in total. The Bertz CT molecular complexity index is 365. The number of nitrogens with one attached hydrogen (secondary N) is 2. The summed E-state index contributed by atoms with van der Waals surface area (Å²) in [7, 11) is 0. The first-order valence-electron chi connectivity index (χ1n) is 5.75. The van der Waals surface area contributed by atoms with Gasteiger partial charge < -0.3 is 5.32 Å². The van der Waals surface area contributed by atoms with Crippen LogP contribution < -0.4 is 16.6 Å². The number of rotatable bonds is 5. The number of nitrogens with zero attached hydrogens (tertiary/aromatic N) is 1. The number of benzene rings is 1. The average molecular weight is 238 g/mol. The Balaban J connectivity index is 2.49. The van der Waals surface area contributed by atoms with Gasteiger partial charge in [0.1, 0.15) is 5.82 Å². The zero-order chi connectivity index (χ0) is 12.5. The molecule has 0 saturated heterocycles. The van der Waals surface area contributed by atoms with E-state index in [-0.39, 0.29) is 5.82 Å². The number of unbranched alkanes of at least 4 members (excludes halogenated alkanes) is 1. The lowest BCUT2D eigenvalue weighted by atomic mass is 10.2. The van der Waals surface area contributed by atoms with Gasteiger partial charge in [-0.25, -0.2) is 15.2 Å². The highest BCUT2D eigenvalue weighted by Crippen LogP contribution is 2.04. The minimum absolute atomic E-state index is 0.251. The van der Waals surface area contributed by atoms with E-state index in [2.05, 4.69) is 22.7 Å². The largest absolute Gasteiger partial charge is 0.355 e. The van der Waals surface area contributed by atoms with E-state index in [1.54, 1.807) is 6.07 Å². The summed E-state index contributed by atoms with van der Waals surface area (Å²) >= 11 is 0. The first-order valence-corrected chi connectivity index (χ1v) is 5.75. The lowest BCUT2D eigenvalue weighted by Crippen LogP contribution is -2.41. The molecule has 4 nitrogen and oxygen atoms in total. The molecule has 0 amide bonds. The molecule has 1 aromatic rings. The maximum absolute atomic E-state index is 12.9. The summed E-state index contributed by atoms with van der Waals surface area (Å²) in [6.07, 6.45) is 2.16. The number of hydrogen-bond acceptors (Lipinski definition) is 2. The zero-order valence-electron chi connectivity index (χ0n) is 10.0. The third-order valence-corrected chi connectivity index (χ3v) is 2.27. The normalized spacial score (nSPS) is 11.4. The topological polar surface area (TPSA) is 62.4 Å². The second-order valence-electron chi connectivity index (χ2n) is 3.72.